The van der Waals surface area contributed by atoms with Gasteiger partial charge in [-0.15, -0.1) is 0 Å². The normalized spacial score (nSPS) is 11.4. The lowest BCUT2D eigenvalue weighted by atomic mass is 10.1. The number of anilines is 3. The van der Waals surface area contributed by atoms with Crippen LogP contribution in [0.4, 0.5) is 22.7 Å². The van der Waals surface area contributed by atoms with Crippen molar-refractivity contribution in [2.45, 2.75) is 18.7 Å². The number of nitrogens with zero attached hydrogens (tertiary/aromatic N) is 3. The second-order valence-electron chi connectivity index (χ2n) is 7.97. The van der Waals surface area contributed by atoms with E-state index in [0.717, 1.165) is 28.4 Å². The first-order valence-electron chi connectivity index (χ1n) is 10.7. The Morgan fingerprint density at radius 2 is 1.74 bits per heavy atom. The van der Waals surface area contributed by atoms with E-state index in [1.165, 1.54) is 18.3 Å². The van der Waals surface area contributed by atoms with Gasteiger partial charge < -0.3 is 10.0 Å². The molecule has 0 heterocycles. The SMILES string of the molecule is Cc1ccc(NS(=O)(=O)c2ccc(NN=Cc3ccc(N(C)CCO)cc3)c([N+](=O)[O-])c2)c(C)c1. The van der Waals surface area contributed by atoms with Crippen molar-refractivity contribution in [3.8, 4) is 0 Å². The highest BCUT2D eigenvalue weighted by molar-refractivity contribution is 7.92. The molecule has 3 N–H and O–H groups in total. The summed E-state index contributed by atoms with van der Waals surface area (Å²) in [6.07, 6.45) is 1.49. The number of aliphatic hydroxyl groups is 1. The number of nitrogens with one attached hydrogen (secondary N) is 2. The smallest absolute Gasteiger partial charge is 0.295 e. The summed E-state index contributed by atoms with van der Waals surface area (Å²) >= 11 is 0. The zero-order chi connectivity index (χ0) is 25.6. The van der Waals surface area contributed by atoms with Crippen LogP contribution >= 0.6 is 0 Å². The van der Waals surface area contributed by atoms with Gasteiger partial charge in [0.1, 0.15) is 5.69 Å². The van der Waals surface area contributed by atoms with Crippen LogP contribution in [0.5, 0.6) is 0 Å². The molecule has 0 aromatic heterocycles. The van der Waals surface area contributed by atoms with Gasteiger partial charge >= 0.3 is 0 Å². The number of nitro benzene ring substituents is 1. The van der Waals surface area contributed by atoms with E-state index in [0.29, 0.717) is 12.2 Å². The number of hydrogen-bond acceptors (Lipinski definition) is 8. The van der Waals surface area contributed by atoms with Gasteiger partial charge in [-0.25, -0.2) is 8.42 Å². The van der Waals surface area contributed by atoms with Crippen LogP contribution in [0.3, 0.4) is 0 Å². The van der Waals surface area contributed by atoms with Crippen LogP contribution in [0.15, 0.2) is 70.7 Å². The number of benzene rings is 3. The summed E-state index contributed by atoms with van der Waals surface area (Å²) in [4.78, 5) is 12.6. The summed E-state index contributed by atoms with van der Waals surface area (Å²) in [7, 11) is -2.18. The molecule has 0 saturated heterocycles. The molecule has 3 rings (SSSR count). The molecule has 184 valence electrons. The molecule has 0 aliphatic rings. The molecule has 0 atom stereocenters. The third kappa shape index (κ3) is 6.55. The summed E-state index contributed by atoms with van der Waals surface area (Å²) in [6.45, 7) is 4.23. The second-order valence-corrected chi connectivity index (χ2v) is 9.65. The Hall–Kier alpha value is -3.96. The fourth-order valence-electron chi connectivity index (χ4n) is 3.33. The quantitative estimate of drug-likeness (QED) is 0.219. The standard InChI is InChI=1S/C24H27N5O5S/c1-17-4-10-22(18(2)14-17)27-35(33,34)21-9-11-23(24(15-21)29(31)32)26-25-16-19-5-7-20(8-6-19)28(3)12-13-30/h4-11,14-16,26-27,30H,12-13H2,1-3H3. The second kappa shape index (κ2) is 11.0. The van der Waals surface area contributed by atoms with E-state index in [1.54, 1.807) is 19.1 Å². The first-order valence-corrected chi connectivity index (χ1v) is 12.2. The first-order chi connectivity index (χ1) is 16.6. The van der Waals surface area contributed by atoms with Gasteiger partial charge in [0.05, 0.1) is 28.3 Å². The van der Waals surface area contributed by atoms with Crippen molar-refractivity contribution >= 4 is 39.0 Å². The van der Waals surface area contributed by atoms with Gasteiger partial charge in [0.15, 0.2) is 0 Å². The molecule has 0 saturated carbocycles. The third-order valence-corrected chi connectivity index (χ3v) is 6.63. The number of hydrazone groups is 1. The van der Waals surface area contributed by atoms with E-state index < -0.39 is 20.6 Å². The lowest BCUT2D eigenvalue weighted by Crippen LogP contribution is -2.20. The lowest BCUT2D eigenvalue weighted by Gasteiger charge is -2.17. The lowest BCUT2D eigenvalue weighted by molar-refractivity contribution is -0.384. The van der Waals surface area contributed by atoms with Crippen LogP contribution in [-0.2, 0) is 10.0 Å². The molecule has 10 nitrogen and oxygen atoms in total. The predicted molar refractivity (Wildman–Crippen MR) is 138 cm³/mol. The highest BCUT2D eigenvalue weighted by Gasteiger charge is 2.22. The number of hydrogen-bond donors (Lipinski definition) is 3. The van der Waals surface area contributed by atoms with Gasteiger partial charge in [-0.05, 0) is 55.3 Å². The van der Waals surface area contributed by atoms with Crippen LogP contribution < -0.4 is 15.0 Å². The maximum Gasteiger partial charge on any atom is 0.295 e. The van der Waals surface area contributed by atoms with Crippen LogP contribution in [0.1, 0.15) is 16.7 Å². The van der Waals surface area contributed by atoms with Gasteiger partial charge in [-0.1, -0.05) is 29.8 Å². The maximum absolute atomic E-state index is 12.8. The highest BCUT2D eigenvalue weighted by atomic mass is 32.2. The van der Waals surface area contributed by atoms with Crippen LogP contribution in [-0.4, -0.2) is 44.9 Å². The molecule has 35 heavy (non-hydrogen) atoms. The summed E-state index contributed by atoms with van der Waals surface area (Å²) < 4.78 is 28.2. The van der Waals surface area contributed by atoms with E-state index in [4.69, 9.17) is 5.11 Å². The molecule has 3 aromatic rings. The molecule has 0 unspecified atom stereocenters. The van der Waals surface area contributed by atoms with Gasteiger partial charge in [0.25, 0.3) is 15.7 Å². The molecule has 0 aliphatic heterocycles. The molecule has 0 fully saturated rings. The van der Waals surface area contributed by atoms with Crippen molar-refractivity contribution in [1.82, 2.24) is 0 Å². The molecule has 0 amide bonds. The predicted octanol–water partition coefficient (Wildman–Crippen LogP) is 3.89. The number of likely N-dealkylation sites (N-methyl/N-ethyl adjacent to an activating group) is 1. The Bertz CT molecular complexity index is 1340. The highest BCUT2D eigenvalue weighted by Crippen LogP contribution is 2.29. The Labute approximate surface area is 204 Å². The largest absolute Gasteiger partial charge is 0.395 e. The number of rotatable bonds is 10. The van der Waals surface area contributed by atoms with Crippen molar-refractivity contribution in [3.63, 3.8) is 0 Å². The van der Waals surface area contributed by atoms with Crippen molar-refractivity contribution in [2.75, 3.05) is 35.2 Å². The van der Waals surface area contributed by atoms with Gasteiger partial charge in [0.2, 0.25) is 0 Å². The van der Waals surface area contributed by atoms with Crippen molar-refractivity contribution in [1.29, 1.82) is 0 Å². The zero-order valence-electron chi connectivity index (χ0n) is 19.6. The third-order valence-electron chi connectivity index (χ3n) is 5.27. The Balaban J connectivity index is 1.77. The molecule has 0 radical (unpaired) electrons. The summed E-state index contributed by atoms with van der Waals surface area (Å²) in [6, 6.07) is 16.2. The molecule has 0 aliphatic carbocycles. The van der Waals surface area contributed by atoms with E-state index in [9.17, 15) is 18.5 Å². The number of nitro groups is 1. The molecule has 0 spiro atoms. The summed E-state index contributed by atoms with van der Waals surface area (Å²) in [5.74, 6) is 0. The minimum Gasteiger partial charge on any atom is -0.395 e. The van der Waals surface area contributed by atoms with E-state index in [-0.39, 0.29) is 17.2 Å². The van der Waals surface area contributed by atoms with Crippen molar-refractivity contribution in [3.05, 3.63) is 87.5 Å². The topological polar surface area (TPSA) is 137 Å². The minimum absolute atomic E-state index is 0.0458. The first kappa shape index (κ1) is 25.7. The number of sulfonamides is 1. The maximum atomic E-state index is 12.8. The van der Waals surface area contributed by atoms with E-state index in [2.05, 4.69) is 15.2 Å². The summed E-state index contributed by atoms with van der Waals surface area (Å²) in [5, 5.41) is 24.7. The van der Waals surface area contributed by atoms with Gasteiger partial charge in [-0.2, -0.15) is 5.10 Å². The Kier molecular flexibility index (Phi) is 8.05. The molecular formula is C24H27N5O5S. The van der Waals surface area contributed by atoms with E-state index >= 15 is 0 Å². The molecular weight excluding hydrogens is 470 g/mol. The Morgan fingerprint density at radius 1 is 1.06 bits per heavy atom. The molecule has 0 bridgehead atoms. The fourth-order valence-corrected chi connectivity index (χ4v) is 4.48. The minimum atomic E-state index is -4.04. The van der Waals surface area contributed by atoms with E-state index in [1.807, 2.05) is 49.2 Å². The average Bonchev–Trinajstić information content (AvgIpc) is 2.81. The number of aliphatic hydroxyl groups excluding tert-OH is 1. The van der Waals surface area contributed by atoms with Crippen LogP contribution in [0.2, 0.25) is 0 Å². The van der Waals surface area contributed by atoms with Crippen LogP contribution in [0, 0.1) is 24.0 Å². The molecule has 11 heteroatoms. The van der Waals surface area contributed by atoms with Gasteiger partial charge in [0, 0.05) is 25.3 Å². The monoisotopic (exact) mass is 497 g/mol. The summed E-state index contributed by atoms with van der Waals surface area (Å²) in [5.41, 5.74) is 6.04. The van der Waals surface area contributed by atoms with Crippen molar-refractivity contribution < 1.29 is 18.4 Å². The fraction of sp³-hybridized carbons (Fsp3) is 0.208. The Morgan fingerprint density at radius 3 is 2.37 bits per heavy atom. The number of aryl methyl sites for hydroxylation is 2. The average molecular weight is 498 g/mol. The van der Waals surface area contributed by atoms with Crippen LogP contribution in [0.25, 0.3) is 0 Å². The zero-order valence-corrected chi connectivity index (χ0v) is 20.4. The van der Waals surface area contributed by atoms with Gasteiger partial charge in [-0.3, -0.25) is 20.3 Å². The van der Waals surface area contributed by atoms with Crippen molar-refractivity contribution in [2.24, 2.45) is 5.10 Å². The molecule has 3 aromatic carbocycles.